The second-order valence-corrected chi connectivity index (χ2v) is 6.99. The smallest absolute Gasteiger partial charge is 0.250 e. The summed E-state index contributed by atoms with van der Waals surface area (Å²) in [6, 6.07) is 15.3. The summed E-state index contributed by atoms with van der Waals surface area (Å²) in [4.78, 5) is 17.7. The maximum Gasteiger partial charge on any atom is 0.250 e. The standard InChI is InChI=1S/C21H21N3O3S/c1-14-10-20(17-6-4-5-7-18(17)23-14)28-13-21(25)24-22-12-15-8-9-16(26-2)11-19(15)27-3/h4-12H,13H2,1-3H3,(H,24,25)/b22-12-. The third-order valence-corrected chi connectivity index (χ3v) is 5.05. The van der Waals surface area contributed by atoms with Gasteiger partial charge in [0.1, 0.15) is 11.5 Å². The number of amides is 1. The first-order valence-corrected chi connectivity index (χ1v) is 9.62. The average Bonchev–Trinajstić information content (AvgIpc) is 2.72. The Balaban J connectivity index is 1.62. The second kappa shape index (κ2) is 9.23. The minimum absolute atomic E-state index is 0.188. The zero-order valence-electron chi connectivity index (χ0n) is 15.9. The number of hydrogen-bond acceptors (Lipinski definition) is 6. The SMILES string of the molecule is COc1ccc(/C=N\NC(=O)CSc2cc(C)nc3ccccc23)c(OC)c1. The fourth-order valence-corrected chi connectivity index (χ4v) is 3.60. The predicted molar refractivity (Wildman–Crippen MR) is 112 cm³/mol. The van der Waals surface area contributed by atoms with E-state index in [1.165, 1.54) is 11.8 Å². The molecule has 0 saturated carbocycles. The third-order valence-electron chi connectivity index (χ3n) is 4.00. The molecule has 3 rings (SSSR count). The van der Waals surface area contributed by atoms with Crippen LogP contribution >= 0.6 is 11.8 Å². The highest BCUT2D eigenvalue weighted by Gasteiger charge is 2.08. The molecule has 1 aromatic heterocycles. The van der Waals surface area contributed by atoms with E-state index in [1.54, 1.807) is 32.6 Å². The Morgan fingerprint density at radius 1 is 1.18 bits per heavy atom. The number of nitrogens with one attached hydrogen (secondary N) is 1. The topological polar surface area (TPSA) is 72.8 Å². The quantitative estimate of drug-likeness (QED) is 0.374. The van der Waals surface area contributed by atoms with Crippen molar-refractivity contribution >= 4 is 34.8 Å². The number of thioether (sulfide) groups is 1. The Hall–Kier alpha value is -3.06. The zero-order chi connectivity index (χ0) is 19.9. The van der Waals surface area contributed by atoms with Crippen molar-refractivity contribution in [2.75, 3.05) is 20.0 Å². The second-order valence-electron chi connectivity index (χ2n) is 5.97. The van der Waals surface area contributed by atoms with Crippen molar-refractivity contribution in [3.8, 4) is 11.5 Å². The van der Waals surface area contributed by atoms with Gasteiger partial charge in [0.15, 0.2) is 0 Å². The molecule has 0 radical (unpaired) electrons. The summed E-state index contributed by atoms with van der Waals surface area (Å²) in [5, 5.41) is 5.07. The van der Waals surface area contributed by atoms with Crippen molar-refractivity contribution < 1.29 is 14.3 Å². The summed E-state index contributed by atoms with van der Waals surface area (Å²) < 4.78 is 10.5. The molecule has 1 N–H and O–H groups in total. The first-order chi connectivity index (χ1) is 13.6. The number of hydrazone groups is 1. The van der Waals surface area contributed by atoms with Gasteiger partial charge in [0, 0.05) is 27.6 Å². The number of ether oxygens (including phenoxy) is 2. The van der Waals surface area contributed by atoms with E-state index in [1.807, 2.05) is 43.3 Å². The average molecular weight is 395 g/mol. The maximum absolute atomic E-state index is 12.2. The number of para-hydroxylation sites is 1. The Bertz CT molecular complexity index is 1020. The summed E-state index contributed by atoms with van der Waals surface area (Å²) in [6.07, 6.45) is 1.55. The highest BCUT2D eigenvalue weighted by molar-refractivity contribution is 8.00. The monoisotopic (exact) mass is 395 g/mol. The van der Waals surface area contributed by atoms with Gasteiger partial charge in [0.25, 0.3) is 0 Å². The summed E-state index contributed by atoms with van der Waals surface area (Å²) >= 11 is 1.46. The van der Waals surface area contributed by atoms with E-state index >= 15 is 0 Å². The molecule has 0 saturated heterocycles. The van der Waals surface area contributed by atoms with Crippen LogP contribution in [0.4, 0.5) is 0 Å². The maximum atomic E-state index is 12.2. The molecule has 0 atom stereocenters. The Labute approximate surface area is 168 Å². The van der Waals surface area contributed by atoms with Crippen LogP contribution in [0.25, 0.3) is 10.9 Å². The number of aryl methyl sites for hydroxylation is 1. The van der Waals surface area contributed by atoms with Crippen molar-refractivity contribution in [1.82, 2.24) is 10.4 Å². The van der Waals surface area contributed by atoms with Crippen LogP contribution in [0.2, 0.25) is 0 Å². The largest absolute Gasteiger partial charge is 0.497 e. The van der Waals surface area contributed by atoms with Gasteiger partial charge >= 0.3 is 0 Å². The number of pyridine rings is 1. The molecular weight excluding hydrogens is 374 g/mol. The van der Waals surface area contributed by atoms with Gasteiger partial charge in [0.05, 0.1) is 31.7 Å². The number of benzene rings is 2. The zero-order valence-corrected chi connectivity index (χ0v) is 16.7. The molecule has 0 bridgehead atoms. The number of aromatic nitrogens is 1. The van der Waals surface area contributed by atoms with Crippen LogP contribution in [0.1, 0.15) is 11.3 Å². The molecular formula is C21H21N3O3S. The molecule has 1 heterocycles. The lowest BCUT2D eigenvalue weighted by Gasteiger charge is -2.08. The molecule has 3 aromatic rings. The summed E-state index contributed by atoms with van der Waals surface area (Å²) in [5.74, 6) is 1.37. The van der Waals surface area contributed by atoms with Gasteiger partial charge in [-0.3, -0.25) is 9.78 Å². The molecule has 28 heavy (non-hydrogen) atoms. The number of hydrogen-bond donors (Lipinski definition) is 1. The highest BCUT2D eigenvalue weighted by atomic mass is 32.2. The number of carbonyl (C=O) groups excluding carboxylic acids is 1. The summed E-state index contributed by atoms with van der Waals surface area (Å²) in [7, 11) is 3.16. The molecule has 144 valence electrons. The molecule has 6 nitrogen and oxygen atoms in total. The Morgan fingerprint density at radius 2 is 2.00 bits per heavy atom. The van der Waals surface area contributed by atoms with E-state index in [-0.39, 0.29) is 11.7 Å². The van der Waals surface area contributed by atoms with Gasteiger partial charge in [-0.1, -0.05) is 18.2 Å². The predicted octanol–water partition coefficient (Wildman–Crippen LogP) is 3.80. The van der Waals surface area contributed by atoms with Gasteiger partial charge in [-0.25, -0.2) is 5.43 Å². The van der Waals surface area contributed by atoms with E-state index in [0.717, 1.165) is 27.1 Å². The van der Waals surface area contributed by atoms with Gasteiger partial charge in [0.2, 0.25) is 5.91 Å². The molecule has 0 aliphatic heterocycles. The first kappa shape index (κ1) is 19.7. The first-order valence-electron chi connectivity index (χ1n) is 8.64. The van der Waals surface area contributed by atoms with Crippen molar-refractivity contribution in [3.05, 3.63) is 59.8 Å². The van der Waals surface area contributed by atoms with Gasteiger partial charge in [-0.2, -0.15) is 5.10 Å². The fourth-order valence-electron chi connectivity index (χ4n) is 2.66. The van der Waals surface area contributed by atoms with Crippen molar-refractivity contribution in [3.63, 3.8) is 0 Å². The molecule has 0 unspecified atom stereocenters. The van der Waals surface area contributed by atoms with Gasteiger partial charge in [-0.15, -0.1) is 11.8 Å². The van der Waals surface area contributed by atoms with Crippen molar-refractivity contribution in [2.45, 2.75) is 11.8 Å². The van der Waals surface area contributed by atoms with Crippen LogP contribution in [0, 0.1) is 6.92 Å². The molecule has 7 heteroatoms. The van der Waals surface area contributed by atoms with Crippen LogP contribution in [0.15, 0.2) is 58.5 Å². The molecule has 0 fully saturated rings. The van der Waals surface area contributed by atoms with Crippen molar-refractivity contribution in [1.29, 1.82) is 0 Å². The van der Waals surface area contributed by atoms with Crippen LogP contribution < -0.4 is 14.9 Å². The summed E-state index contributed by atoms with van der Waals surface area (Å²) in [6.45, 7) is 1.95. The van der Waals surface area contributed by atoms with Crippen LogP contribution in [-0.2, 0) is 4.79 Å². The highest BCUT2D eigenvalue weighted by Crippen LogP contribution is 2.27. The molecule has 1 amide bonds. The number of rotatable bonds is 7. The Kier molecular flexibility index (Phi) is 6.49. The molecule has 0 aliphatic carbocycles. The fraction of sp³-hybridized carbons (Fsp3) is 0.190. The van der Waals surface area contributed by atoms with E-state index < -0.39 is 0 Å². The van der Waals surface area contributed by atoms with E-state index in [4.69, 9.17) is 9.47 Å². The van der Waals surface area contributed by atoms with E-state index in [0.29, 0.717) is 11.5 Å². The van der Waals surface area contributed by atoms with Crippen molar-refractivity contribution in [2.24, 2.45) is 5.10 Å². The van der Waals surface area contributed by atoms with Crippen LogP contribution in [0.5, 0.6) is 11.5 Å². The number of carbonyl (C=O) groups is 1. The minimum atomic E-state index is -0.188. The minimum Gasteiger partial charge on any atom is -0.497 e. The Morgan fingerprint density at radius 3 is 2.79 bits per heavy atom. The number of nitrogens with zero attached hydrogens (tertiary/aromatic N) is 2. The van der Waals surface area contributed by atoms with E-state index in [9.17, 15) is 4.79 Å². The normalized spacial score (nSPS) is 11.0. The number of methoxy groups -OCH3 is 2. The van der Waals surface area contributed by atoms with Gasteiger partial charge in [-0.05, 0) is 31.2 Å². The lowest BCUT2D eigenvalue weighted by molar-refractivity contribution is -0.118. The van der Waals surface area contributed by atoms with E-state index in [2.05, 4.69) is 15.5 Å². The van der Waals surface area contributed by atoms with Gasteiger partial charge < -0.3 is 9.47 Å². The summed E-state index contributed by atoms with van der Waals surface area (Å²) in [5.41, 5.74) is 5.14. The number of fused-ring (bicyclic) bond motifs is 1. The lowest BCUT2D eigenvalue weighted by Crippen LogP contribution is -2.19. The third kappa shape index (κ3) is 4.80. The molecule has 0 spiro atoms. The van der Waals surface area contributed by atoms with Crippen LogP contribution in [-0.4, -0.2) is 37.1 Å². The molecule has 0 aliphatic rings. The lowest BCUT2D eigenvalue weighted by atomic mass is 10.2. The molecule has 2 aromatic carbocycles. The van der Waals surface area contributed by atoms with Crippen LogP contribution in [0.3, 0.4) is 0 Å².